The molecule has 22 heavy (non-hydrogen) atoms. The average molecular weight is 292 g/mol. The second-order valence-corrected chi connectivity index (χ2v) is 4.94. The number of rotatable bonds is 3. The number of carbonyl (C=O) groups is 2. The summed E-state index contributed by atoms with van der Waals surface area (Å²) in [4.78, 5) is 22.5. The lowest BCUT2D eigenvalue weighted by Gasteiger charge is -2.10. The molecule has 4 nitrogen and oxygen atoms in total. The molecule has 0 heterocycles. The molecule has 0 saturated heterocycles. The third-order valence-electron chi connectivity index (χ3n) is 3.53. The minimum atomic E-state index is -1.01. The van der Waals surface area contributed by atoms with E-state index in [9.17, 15) is 14.7 Å². The first-order chi connectivity index (χ1) is 10.6. The van der Waals surface area contributed by atoms with E-state index < -0.39 is 11.9 Å². The van der Waals surface area contributed by atoms with Crippen molar-refractivity contribution in [3.63, 3.8) is 0 Å². The van der Waals surface area contributed by atoms with Crippen LogP contribution < -0.4 is 0 Å². The topological polar surface area (TPSA) is 74.6 Å². The van der Waals surface area contributed by atoms with Crippen LogP contribution in [0.5, 0.6) is 0 Å². The van der Waals surface area contributed by atoms with Crippen molar-refractivity contribution in [1.29, 1.82) is 0 Å². The van der Waals surface area contributed by atoms with E-state index in [0.29, 0.717) is 10.9 Å². The molecular formula is C18H12O4. The van der Waals surface area contributed by atoms with E-state index in [-0.39, 0.29) is 11.1 Å². The van der Waals surface area contributed by atoms with Crippen LogP contribution in [0.15, 0.2) is 60.7 Å². The molecule has 3 aromatic rings. The van der Waals surface area contributed by atoms with E-state index in [4.69, 9.17) is 5.11 Å². The second kappa shape index (κ2) is 5.33. The Kier molecular flexibility index (Phi) is 3.35. The van der Waals surface area contributed by atoms with Gasteiger partial charge >= 0.3 is 11.9 Å². The number of aromatic carboxylic acids is 2. The molecule has 4 heteroatoms. The molecule has 0 bridgehead atoms. The van der Waals surface area contributed by atoms with Crippen LogP contribution in [-0.2, 0) is 0 Å². The minimum absolute atomic E-state index is 0.174. The predicted molar refractivity (Wildman–Crippen MR) is 83.3 cm³/mol. The van der Waals surface area contributed by atoms with Gasteiger partial charge in [0.25, 0.3) is 0 Å². The first kappa shape index (κ1) is 13.8. The Hall–Kier alpha value is -3.14. The Balaban J connectivity index is 2.37. The maximum Gasteiger partial charge on any atom is 0.335 e. The van der Waals surface area contributed by atoms with Gasteiger partial charge in [-0.3, -0.25) is 0 Å². The Labute approximate surface area is 126 Å². The second-order valence-electron chi connectivity index (χ2n) is 4.94. The number of hydrogen-bond donors (Lipinski definition) is 2. The monoisotopic (exact) mass is 292 g/mol. The highest BCUT2D eigenvalue weighted by Crippen LogP contribution is 2.31. The van der Waals surface area contributed by atoms with Crippen molar-refractivity contribution in [2.24, 2.45) is 0 Å². The molecule has 0 aliphatic heterocycles. The zero-order valence-electron chi connectivity index (χ0n) is 11.5. The highest BCUT2D eigenvalue weighted by molar-refractivity contribution is 6.05. The number of carboxylic acids is 2. The minimum Gasteiger partial charge on any atom is -0.478 e. The summed E-state index contributed by atoms with van der Waals surface area (Å²) in [6.45, 7) is 0. The van der Waals surface area contributed by atoms with Gasteiger partial charge in [0.15, 0.2) is 0 Å². The summed E-state index contributed by atoms with van der Waals surface area (Å²) in [7, 11) is 0. The van der Waals surface area contributed by atoms with E-state index in [1.165, 1.54) is 6.07 Å². The van der Waals surface area contributed by atoms with E-state index in [0.717, 1.165) is 10.9 Å². The van der Waals surface area contributed by atoms with Crippen LogP contribution in [-0.4, -0.2) is 22.2 Å². The largest absolute Gasteiger partial charge is 0.478 e. The lowest BCUT2D eigenvalue weighted by Crippen LogP contribution is -1.99. The maximum absolute atomic E-state index is 11.3. The first-order valence-corrected chi connectivity index (χ1v) is 6.66. The van der Waals surface area contributed by atoms with Crippen LogP contribution in [0.3, 0.4) is 0 Å². The fourth-order valence-corrected chi connectivity index (χ4v) is 2.47. The standard InChI is InChI=1S/C18H12O4/c19-17(20)13-7-6-12-8-14(18(21)22)10-15(16(12)9-13)11-4-2-1-3-5-11/h1-10H,(H,19,20)(H,21,22). The van der Waals surface area contributed by atoms with Gasteiger partial charge in [-0.05, 0) is 46.2 Å². The number of carboxylic acid groups (broad SMARTS) is 2. The van der Waals surface area contributed by atoms with E-state index >= 15 is 0 Å². The summed E-state index contributed by atoms with van der Waals surface area (Å²) < 4.78 is 0. The molecule has 3 aromatic carbocycles. The third-order valence-corrected chi connectivity index (χ3v) is 3.53. The maximum atomic E-state index is 11.3. The normalized spacial score (nSPS) is 10.5. The van der Waals surface area contributed by atoms with Gasteiger partial charge in [-0.2, -0.15) is 0 Å². The molecule has 2 N–H and O–H groups in total. The fourth-order valence-electron chi connectivity index (χ4n) is 2.47. The van der Waals surface area contributed by atoms with Gasteiger partial charge in [-0.15, -0.1) is 0 Å². The van der Waals surface area contributed by atoms with Crippen LogP contribution in [0.1, 0.15) is 20.7 Å². The molecule has 0 aliphatic rings. The molecule has 0 atom stereocenters. The molecular weight excluding hydrogens is 280 g/mol. The van der Waals surface area contributed by atoms with Crippen LogP contribution in [0.2, 0.25) is 0 Å². The number of benzene rings is 3. The van der Waals surface area contributed by atoms with Gasteiger partial charge in [-0.25, -0.2) is 9.59 Å². The molecule has 0 aromatic heterocycles. The van der Waals surface area contributed by atoms with Crippen LogP contribution in [0.4, 0.5) is 0 Å². The quantitative estimate of drug-likeness (QED) is 0.767. The average Bonchev–Trinajstić information content (AvgIpc) is 2.54. The van der Waals surface area contributed by atoms with Gasteiger partial charge in [-0.1, -0.05) is 36.4 Å². The molecule has 108 valence electrons. The summed E-state index contributed by atoms with van der Waals surface area (Å²) >= 11 is 0. The highest BCUT2D eigenvalue weighted by Gasteiger charge is 2.12. The summed E-state index contributed by atoms with van der Waals surface area (Å²) in [5.41, 5.74) is 1.90. The molecule has 0 saturated carbocycles. The fraction of sp³-hybridized carbons (Fsp3) is 0. The SMILES string of the molecule is O=C(O)c1cc(-c2ccccc2)c2cc(C(=O)O)ccc2c1. The van der Waals surface area contributed by atoms with Crippen LogP contribution in [0.25, 0.3) is 21.9 Å². The zero-order chi connectivity index (χ0) is 15.7. The Morgan fingerprint density at radius 1 is 0.727 bits per heavy atom. The molecule has 0 aliphatic carbocycles. The molecule has 0 spiro atoms. The van der Waals surface area contributed by atoms with Crippen molar-refractivity contribution < 1.29 is 19.8 Å². The highest BCUT2D eigenvalue weighted by atomic mass is 16.4. The molecule has 0 unspecified atom stereocenters. The van der Waals surface area contributed by atoms with Crippen molar-refractivity contribution in [3.8, 4) is 11.1 Å². The Morgan fingerprint density at radius 2 is 1.41 bits per heavy atom. The first-order valence-electron chi connectivity index (χ1n) is 6.66. The van der Waals surface area contributed by atoms with Crippen molar-refractivity contribution in [1.82, 2.24) is 0 Å². The Bertz CT molecular complexity index is 882. The van der Waals surface area contributed by atoms with Gasteiger partial charge in [0, 0.05) is 0 Å². The van der Waals surface area contributed by atoms with Crippen molar-refractivity contribution in [3.05, 3.63) is 71.8 Å². The van der Waals surface area contributed by atoms with Crippen molar-refractivity contribution in [2.45, 2.75) is 0 Å². The van der Waals surface area contributed by atoms with Gasteiger partial charge < -0.3 is 10.2 Å². The third kappa shape index (κ3) is 2.42. The lowest BCUT2D eigenvalue weighted by atomic mass is 9.94. The van der Waals surface area contributed by atoms with Crippen LogP contribution >= 0.6 is 0 Å². The van der Waals surface area contributed by atoms with Gasteiger partial charge in [0.05, 0.1) is 11.1 Å². The predicted octanol–water partition coefficient (Wildman–Crippen LogP) is 3.90. The lowest BCUT2D eigenvalue weighted by molar-refractivity contribution is 0.0686. The van der Waals surface area contributed by atoms with E-state index in [1.807, 2.05) is 30.3 Å². The summed E-state index contributed by atoms with van der Waals surface area (Å²) in [5, 5.41) is 19.8. The molecule has 0 fully saturated rings. The number of fused-ring (bicyclic) bond motifs is 1. The van der Waals surface area contributed by atoms with Crippen molar-refractivity contribution in [2.75, 3.05) is 0 Å². The molecule has 0 radical (unpaired) electrons. The van der Waals surface area contributed by atoms with Gasteiger partial charge in [0.2, 0.25) is 0 Å². The Morgan fingerprint density at radius 3 is 2.05 bits per heavy atom. The number of hydrogen-bond acceptors (Lipinski definition) is 2. The zero-order valence-corrected chi connectivity index (χ0v) is 11.5. The van der Waals surface area contributed by atoms with Crippen molar-refractivity contribution >= 4 is 22.7 Å². The summed E-state index contributed by atoms with van der Waals surface area (Å²) in [6.07, 6.45) is 0. The summed E-state index contributed by atoms with van der Waals surface area (Å²) in [5.74, 6) is -2.02. The van der Waals surface area contributed by atoms with Gasteiger partial charge in [0.1, 0.15) is 0 Å². The molecule has 0 amide bonds. The summed E-state index contributed by atoms with van der Waals surface area (Å²) in [6, 6.07) is 17.1. The van der Waals surface area contributed by atoms with E-state index in [2.05, 4.69) is 0 Å². The van der Waals surface area contributed by atoms with E-state index in [1.54, 1.807) is 24.3 Å². The van der Waals surface area contributed by atoms with Crippen LogP contribution in [0, 0.1) is 0 Å². The smallest absolute Gasteiger partial charge is 0.335 e. The molecule has 3 rings (SSSR count).